The van der Waals surface area contributed by atoms with Crippen LogP contribution in [0.3, 0.4) is 0 Å². The first-order valence-electron chi connectivity index (χ1n) is 39.0. The number of rotatable bonds is 73. The number of unbranched alkanes of at least 4 members (excludes halogenated alkanes) is 40. The second-order valence-corrected chi connectivity index (χ2v) is 27.3. The van der Waals surface area contributed by atoms with Crippen molar-refractivity contribution in [1.29, 1.82) is 0 Å². The third kappa shape index (κ3) is 77.3. The molecule has 0 aromatic carbocycles. The van der Waals surface area contributed by atoms with E-state index in [4.69, 9.17) is 24.3 Å². The molecule has 0 rings (SSSR count). The number of carbonyl (C=O) groups excluding carboxylic acids is 2. The third-order valence-corrected chi connectivity index (χ3v) is 17.8. The standard InChI is InChI=1S/C83H146NO8P/c1-3-5-7-9-11-13-15-17-19-21-23-25-27-29-31-33-35-36-37-38-39-40-41-42-43-44-46-47-49-51-53-55-57-59-61-63-65-67-69-71-73-75-82(85)89-79-81(80-91-93(87,88)90-78-77-84)92-83(86)76-74-72-70-68-66-64-62-60-58-56-54-52-50-48-45-34-32-30-28-26-24-22-20-18-16-14-12-10-8-6-4-2/h5-8,11-14,17-20,23-26,30,32,45,48,81H,3-4,9-10,15-16,21-22,27-29,31,33-44,46-47,49-80,84H2,1-2H3,(H,87,88)/b7-5-,8-6-,13-11-,14-12-,19-17-,20-18-,25-23-,26-24-,32-30-,48-45-. The summed E-state index contributed by atoms with van der Waals surface area (Å²) in [4.78, 5) is 35.4. The molecule has 0 aromatic heterocycles. The van der Waals surface area contributed by atoms with Crippen molar-refractivity contribution in [3.8, 4) is 0 Å². The quantitative estimate of drug-likeness (QED) is 0.0264. The maximum atomic E-state index is 12.8. The van der Waals surface area contributed by atoms with E-state index in [1.165, 1.54) is 225 Å². The Hall–Kier alpha value is -3.59. The molecule has 0 fully saturated rings. The van der Waals surface area contributed by atoms with E-state index in [1.54, 1.807) is 0 Å². The van der Waals surface area contributed by atoms with Crippen molar-refractivity contribution in [2.24, 2.45) is 5.73 Å². The summed E-state index contributed by atoms with van der Waals surface area (Å²) >= 11 is 0. The van der Waals surface area contributed by atoms with Gasteiger partial charge in [-0.3, -0.25) is 18.6 Å². The van der Waals surface area contributed by atoms with E-state index in [-0.39, 0.29) is 38.6 Å². The van der Waals surface area contributed by atoms with Crippen LogP contribution in [0.2, 0.25) is 0 Å². The molecule has 0 aliphatic rings. The average molecular weight is 1320 g/mol. The molecule has 0 radical (unpaired) electrons. The molecule has 0 heterocycles. The summed E-state index contributed by atoms with van der Waals surface area (Å²) in [5, 5.41) is 0. The van der Waals surface area contributed by atoms with Gasteiger partial charge in [-0.2, -0.15) is 0 Å². The van der Waals surface area contributed by atoms with Crippen molar-refractivity contribution < 1.29 is 37.6 Å². The van der Waals surface area contributed by atoms with Crippen LogP contribution < -0.4 is 5.73 Å². The van der Waals surface area contributed by atoms with Crippen molar-refractivity contribution in [3.05, 3.63) is 122 Å². The zero-order chi connectivity index (χ0) is 67.2. The monoisotopic (exact) mass is 1320 g/mol. The Bertz CT molecular complexity index is 1950. The summed E-state index contributed by atoms with van der Waals surface area (Å²) in [6.07, 6.45) is 109. The Morgan fingerprint density at radius 3 is 0.828 bits per heavy atom. The number of hydrogen-bond acceptors (Lipinski definition) is 8. The van der Waals surface area contributed by atoms with Crippen LogP contribution in [0.25, 0.3) is 0 Å². The van der Waals surface area contributed by atoms with Crippen LogP contribution in [0.5, 0.6) is 0 Å². The minimum Gasteiger partial charge on any atom is -0.462 e. The fraction of sp³-hybridized carbons (Fsp3) is 0.735. The molecule has 2 unspecified atom stereocenters. The summed E-state index contributed by atoms with van der Waals surface area (Å²) in [6, 6.07) is 0. The summed E-state index contributed by atoms with van der Waals surface area (Å²) in [5.41, 5.74) is 5.41. The van der Waals surface area contributed by atoms with Crippen LogP contribution in [0.1, 0.15) is 361 Å². The number of hydrogen-bond donors (Lipinski definition) is 2. The summed E-state index contributed by atoms with van der Waals surface area (Å²) in [7, 11) is -4.40. The van der Waals surface area contributed by atoms with Gasteiger partial charge in [0.1, 0.15) is 6.61 Å². The average Bonchev–Trinajstić information content (AvgIpc) is 3.70. The zero-order valence-corrected chi connectivity index (χ0v) is 61.4. The number of phosphoric ester groups is 1. The molecule has 2 atom stereocenters. The van der Waals surface area contributed by atoms with Gasteiger partial charge < -0.3 is 20.1 Å². The van der Waals surface area contributed by atoms with Gasteiger partial charge in [0, 0.05) is 19.4 Å². The molecule has 93 heavy (non-hydrogen) atoms. The second-order valence-electron chi connectivity index (χ2n) is 25.8. The molecule has 536 valence electrons. The van der Waals surface area contributed by atoms with Crippen LogP contribution in [0, 0.1) is 0 Å². The van der Waals surface area contributed by atoms with E-state index in [1.807, 2.05) is 0 Å². The molecule has 0 aliphatic heterocycles. The Morgan fingerprint density at radius 2 is 0.559 bits per heavy atom. The fourth-order valence-corrected chi connectivity index (χ4v) is 11.9. The Balaban J connectivity index is 3.79. The smallest absolute Gasteiger partial charge is 0.462 e. The van der Waals surface area contributed by atoms with Crippen molar-refractivity contribution in [3.63, 3.8) is 0 Å². The van der Waals surface area contributed by atoms with E-state index >= 15 is 0 Å². The van der Waals surface area contributed by atoms with E-state index in [0.717, 1.165) is 103 Å². The van der Waals surface area contributed by atoms with E-state index in [0.29, 0.717) is 6.42 Å². The molecular formula is C83H146NO8P. The molecule has 0 saturated heterocycles. The van der Waals surface area contributed by atoms with Gasteiger partial charge >= 0.3 is 19.8 Å². The van der Waals surface area contributed by atoms with E-state index in [9.17, 15) is 19.0 Å². The molecule has 9 nitrogen and oxygen atoms in total. The van der Waals surface area contributed by atoms with Crippen molar-refractivity contribution in [2.75, 3.05) is 26.4 Å². The van der Waals surface area contributed by atoms with E-state index in [2.05, 4.69) is 135 Å². The predicted octanol–water partition coefficient (Wildman–Crippen LogP) is 26.2. The van der Waals surface area contributed by atoms with Gasteiger partial charge in [0.2, 0.25) is 0 Å². The number of ether oxygens (including phenoxy) is 2. The topological polar surface area (TPSA) is 134 Å². The van der Waals surface area contributed by atoms with Gasteiger partial charge in [0.25, 0.3) is 0 Å². The molecule has 0 spiro atoms. The molecule has 0 bridgehead atoms. The normalized spacial score (nSPS) is 13.5. The molecule has 0 saturated carbocycles. The number of nitrogens with two attached hydrogens (primary N) is 1. The van der Waals surface area contributed by atoms with Crippen molar-refractivity contribution >= 4 is 19.8 Å². The highest BCUT2D eigenvalue weighted by Crippen LogP contribution is 2.43. The number of esters is 2. The molecule has 10 heteroatoms. The second kappa shape index (κ2) is 77.4. The lowest BCUT2D eigenvalue weighted by atomic mass is 10.0. The van der Waals surface area contributed by atoms with Crippen LogP contribution in [-0.4, -0.2) is 49.3 Å². The van der Waals surface area contributed by atoms with Crippen LogP contribution in [0.15, 0.2) is 122 Å². The SMILES string of the molecule is CC/C=C\C/C=C\C/C=C\C/C=C\C/C=C\C/C=C\CCCCCCCCCCCCCCC(=O)OC(COC(=O)CCCCCCCCCCCCCCCCCCCCCCCCCCCCCC/C=C\C/C=C\C/C=C\C/C=C\CC)COP(=O)(O)OCCN. The zero-order valence-electron chi connectivity index (χ0n) is 60.5. The van der Waals surface area contributed by atoms with Gasteiger partial charge in [-0.25, -0.2) is 4.57 Å². The molecular weight excluding hydrogens is 1170 g/mol. The number of phosphoric acid groups is 1. The highest BCUT2D eigenvalue weighted by Gasteiger charge is 2.26. The highest BCUT2D eigenvalue weighted by molar-refractivity contribution is 7.47. The molecule has 0 aliphatic carbocycles. The fourth-order valence-electron chi connectivity index (χ4n) is 11.2. The summed E-state index contributed by atoms with van der Waals surface area (Å²) in [5.74, 6) is -0.818. The minimum absolute atomic E-state index is 0.0507. The van der Waals surface area contributed by atoms with Gasteiger partial charge in [-0.1, -0.05) is 367 Å². The summed E-state index contributed by atoms with van der Waals surface area (Å²) in [6.45, 7) is 3.56. The Kier molecular flexibility index (Phi) is 74.4. The lowest BCUT2D eigenvalue weighted by Gasteiger charge is -2.19. The first-order chi connectivity index (χ1) is 45.8. The van der Waals surface area contributed by atoms with Gasteiger partial charge in [-0.05, 0) is 103 Å². The first kappa shape index (κ1) is 89.4. The van der Waals surface area contributed by atoms with E-state index < -0.39 is 26.5 Å². The molecule has 3 N–H and O–H groups in total. The van der Waals surface area contributed by atoms with Gasteiger partial charge in [0.15, 0.2) is 6.10 Å². The number of carbonyl (C=O) groups is 2. The largest absolute Gasteiger partial charge is 0.472 e. The van der Waals surface area contributed by atoms with Crippen LogP contribution in [0.4, 0.5) is 0 Å². The van der Waals surface area contributed by atoms with Gasteiger partial charge in [0.05, 0.1) is 13.2 Å². The Morgan fingerprint density at radius 1 is 0.323 bits per heavy atom. The first-order valence-corrected chi connectivity index (χ1v) is 40.5. The van der Waals surface area contributed by atoms with Crippen LogP contribution in [-0.2, 0) is 32.7 Å². The van der Waals surface area contributed by atoms with Crippen molar-refractivity contribution in [2.45, 2.75) is 367 Å². The maximum Gasteiger partial charge on any atom is 0.472 e. The van der Waals surface area contributed by atoms with Gasteiger partial charge in [-0.15, -0.1) is 0 Å². The summed E-state index contributed by atoms with van der Waals surface area (Å²) < 4.78 is 33.3. The lowest BCUT2D eigenvalue weighted by Crippen LogP contribution is -2.29. The number of allylic oxidation sites excluding steroid dienone is 20. The third-order valence-electron chi connectivity index (χ3n) is 16.8. The predicted molar refractivity (Wildman–Crippen MR) is 404 cm³/mol. The van der Waals surface area contributed by atoms with Crippen molar-refractivity contribution in [1.82, 2.24) is 0 Å². The maximum absolute atomic E-state index is 12.8. The van der Waals surface area contributed by atoms with Crippen LogP contribution >= 0.6 is 7.82 Å². The molecule has 0 amide bonds. The Labute approximate surface area is 574 Å². The highest BCUT2D eigenvalue weighted by atomic mass is 31.2. The molecule has 0 aromatic rings. The minimum atomic E-state index is -4.40. The lowest BCUT2D eigenvalue weighted by molar-refractivity contribution is -0.161.